The molecule has 0 radical (unpaired) electrons. The molecule has 0 bridgehead atoms. The van der Waals surface area contributed by atoms with Gasteiger partial charge in [-0.15, -0.1) is 0 Å². The molecular formula is C47H70FN2O18P3. The Bertz CT molecular complexity index is 2350. The third-order valence-electron chi connectivity index (χ3n) is 11.3. The van der Waals surface area contributed by atoms with E-state index in [0.29, 0.717) is 34.7 Å². The van der Waals surface area contributed by atoms with Gasteiger partial charge in [0, 0.05) is 19.3 Å². The number of nitrogens with one attached hydrogen (secondary N) is 1. The molecule has 4 rings (SSSR count). The van der Waals surface area contributed by atoms with Crippen LogP contribution in [0.5, 0.6) is 11.5 Å². The summed E-state index contributed by atoms with van der Waals surface area (Å²) in [6, 6.07) is 11.6. The lowest BCUT2D eigenvalue weighted by Crippen LogP contribution is -2.34. The zero-order chi connectivity index (χ0) is 51.7. The molecule has 398 valence electrons. The molecule has 1 fully saturated rings. The molecule has 24 heteroatoms. The average Bonchev–Trinajstić information content (AvgIpc) is 3.69. The van der Waals surface area contributed by atoms with Gasteiger partial charge in [-0.25, -0.2) is 18.5 Å². The number of halogens is 1. The second-order valence-electron chi connectivity index (χ2n) is 17.4. The van der Waals surface area contributed by atoms with Crippen LogP contribution in [0.25, 0.3) is 0 Å². The Morgan fingerprint density at radius 2 is 1.10 bits per heavy atom. The van der Waals surface area contributed by atoms with Crippen molar-refractivity contribution in [2.45, 2.75) is 180 Å². The summed E-state index contributed by atoms with van der Waals surface area (Å²) in [5, 5.41) is 10.4. The minimum atomic E-state index is -5.91. The van der Waals surface area contributed by atoms with Crippen LogP contribution in [0.3, 0.4) is 0 Å². The van der Waals surface area contributed by atoms with E-state index >= 15 is 0 Å². The fourth-order valence-electron chi connectivity index (χ4n) is 7.40. The molecule has 6 atom stereocenters. The molecule has 0 spiro atoms. The van der Waals surface area contributed by atoms with Crippen molar-refractivity contribution in [3.05, 3.63) is 92.5 Å². The van der Waals surface area contributed by atoms with E-state index in [-0.39, 0.29) is 30.8 Å². The molecule has 5 unspecified atom stereocenters. The summed E-state index contributed by atoms with van der Waals surface area (Å²) >= 11 is 0. The second kappa shape index (κ2) is 31.1. The number of aromatic nitrogens is 2. The predicted octanol–water partition coefficient (Wildman–Crippen LogP) is 10.8. The van der Waals surface area contributed by atoms with E-state index in [1.807, 2.05) is 0 Å². The van der Waals surface area contributed by atoms with Gasteiger partial charge < -0.3 is 29.1 Å². The third kappa shape index (κ3) is 23.4. The normalized spacial score (nSPS) is 18.4. The molecule has 1 aliphatic rings. The number of aliphatic hydroxyl groups excluding tert-OH is 1. The molecule has 4 N–H and O–H groups in total. The summed E-state index contributed by atoms with van der Waals surface area (Å²) in [4.78, 5) is 71.2. The molecule has 0 amide bonds. The summed E-state index contributed by atoms with van der Waals surface area (Å²) in [7, 11) is -16.8. The Hall–Kier alpha value is -3.68. The number of nitrogens with zero attached hydrogens (tertiary/aromatic N) is 1. The summed E-state index contributed by atoms with van der Waals surface area (Å²) < 4.78 is 95.6. The molecule has 3 aromatic rings. The number of benzene rings is 2. The van der Waals surface area contributed by atoms with Crippen LogP contribution >= 0.6 is 23.5 Å². The van der Waals surface area contributed by atoms with Crippen LogP contribution < -0.4 is 20.7 Å². The van der Waals surface area contributed by atoms with E-state index in [4.69, 9.17) is 32.1 Å². The van der Waals surface area contributed by atoms with Crippen molar-refractivity contribution in [3.63, 3.8) is 0 Å². The zero-order valence-electron chi connectivity index (χ0n) is 40.5. The largest absolute Gasteiger partial charge is 0.490 e. The van der Waals surface area contributed by atoms with Gasteiger partial charge in [-0.05, 0) is 48.2 Å². The first-order chi connectivity index (χ1) is 33.9. The lowest BCUT2D eigenvalue weighted by molar-refractivity contribution is -0.135. The van der Waals surface area contributed by atoms with Crippen molar-refractivity contribution in [2.75, 3.05) is 6.61 Å². The first kappa shape index (κ1) is 59.9. The minimum absolute atomic E-state index is 0.221. The maximum atomic E-state index is 14.0. The quantitative estimate of drug-likeness (QED) is 0.0182. The first-order valence-corrected chi connectivity index (χ1v) is 28.9. The Kier molecular flexibility index (Phi) is 26.3. The van der Waals surface area contributed by atoms with Gasteiger partial charge in [-0.1, -0.05) is 141 Å². The number of hydrogen-bond donors (Lipinski definition) is 4. The van der Waals surface area contributed by atoms with Gasteiger partial charge in [0.25, 0.3) is 5.56 Å². The van der Waals surface area contributed by atoms with Crippen LogP contribution in [0.2, 0.25) is 0 Å². The van der Waals surface area contributed by atoms with Crippen LogP contribution in [0.4, 0.5) is 4.39 Å². The number of unbranched alkanes of at least 4 members (excludes halogenated alkanes) is 16. The first-order valence-electron chi connectivity index (χ1n) is 24.5. The van der Waals surface area contributed by atoms with E-state index in [1.165, 1.54) is 113 Å². The number of H-pyrrole nitrogens is 1. The summed E-state index contributed by atoms with van der Waals surface area (Å²) in [5.41, 5.74) is -1.77. The summed E-state index contributed by atoms with van der Waals surface area (Å²) in [5.74, 6) is -1.71. The van der Waals surface area contributed by atoms with Crippen LogP contribution in [-0.4, -0.2) is 55.2 Å². The highest BCUT2D eigenvalue weighted by Gasteiger charge is 2.45. The van der Waals surface area contributed by atoms with Crippen LogP contribution in [0.15, 0.2) is 64.3 Å². The number of esters is 2. The Labute approximate surface area is 413 Å². The number of ether oxygens (including phenoxy) is 3. The van der Waals surface area contributed by atoms with Gasteiger partial charge in [-0.3, -0.25) is 37.5 Å². The van der Waals surface area contributed by atoms with E-state index in [9.17, 15) is 52.2 Å². The molecule has 20 nitrogen and oxygen atoms in total. The van der Waals surface area contributed by atoms with Crippen molar-refractivity contribution in [3.8, 4) is 11.5 Å². The van der Waals surface area contributed by atoms with E-state index in [2.05, 4.69) is 18.2 Å². The molecule has 2 heterocycles. The molecule has 0 saturated carbocycles. The SMILES string of the molecule is CCCCCCCCCCCCC(=O)Oc1ccc(COP(=O)(OCc2ccc(OC(=O)CCCCCCCCCC)cc2)OP(=O)(O)OP(=O)(O)OCC2OC(n3cc(F)c(=O)[nH]c3=O)C[C@H]2O)cc1. The number of aromatic amines is 1. The van der Waals surface area contributed by atoms with Gasteiger partial charge in [0.2, 0.25) is 5.82 Å². The number of phosphoric ester groups is 2. The topological polar surface area (TPSA) is 275 Å². The number of phosphoric acid groups is 3. The molecule has 1 saturated heterocycles. The molecular weight excluding hydrogens is 992 g/mol. The molecule has 71 heavy (non-hydrogen) atoms. The van der Waals surface area contributed by atoms with Crippen molar-refractivity contribution in [1.82, 2.24) is 9.55 Å². The highest BCUT2D eigenvalue weighted by Crippen LogP contribution is 2.69. The number of carbonyl (C=O) groups is 2. The molecule has 1 aromatic heterocycles. The smallest absolute Gasteiger partial charge is 0.427 e. The van der Waals surface area contributed by atoms with Crippen molar-refractivity contribution < 1.29 is 79.0 Å². The Morgan fingerprint density at radius 3 is 1.55 bits per heavy atom. The number of rotatable bonds is 36. The summed E-state index contributed by atoms with van der Waals surface area (Å²) in [6.45, 7) is 2.18. The minimum Gasteiger partial charge on any atom is -0.427 e. The van der Waals surface area contributed by atoms with Crippen molar-refractivity contribution in [1.29, 1.82) is 0 Å². The van der Waals surface area contributed by atoms with Gasteiger partial charge in [-0.2, -0.15) is 13.0 Å². The van der Waals surface area contributed by atoms with Gasteiger partial charge in [0.1, 0.15) is 23.8 Å². The fraction of sp³-hybridized carbons (Fsp3) is 0.617. The lowest BCUT2D eigenvalue weighted by Gasteiger charge is -2.22. The monoisotopic (exact) mass is 1060 g/mol. The van der Waals surface area contributed by atoms with Crippen molar-refractivity contribution in [2.24, 2.45) is 0 Å². The Morgan fingerprint density at radius 1 is 0.662 bits per heavy atom. The second-order valence-corrected chi connectivity index (χ2v) is 22.2. The number of aliphatic hydroxyl groups is 1. The number of carbonyl (C=O) groups excluding carboxylic acids is 2. The number of hydrogen-bond acceptors (Lipinski definition) is 16. The van der Waals surface area contributed by atoms with Gasteiger partial charge in [0.05, 0.1) is 32.1 Å². The van der Waals surface area contributed by atoms with Crippen LogP contribution in [0, 0.1) is 5.82 Å². The predicted molar refractivity (Wildman–Crippen MR) is 259 cm³/mol. The highest BCUT2D eigenvalue weighted by atomic mass is 31.3. The summed E-state index contributed by atoms with van der Waals surface area (Å²) in [6.07, 6.45) is 16.0. The van der Waals surface area contributed by atoms with Gasteiger partial charge >= 0.3 is 41.1 Å². The lowest BCUT2D eigenvalue weighted by atomic mass is 10.1. The van der Waals surface area contributed by atoms with E-state index in [0.717, 1.165) is 38.5 Å². The standard InChI is InChI=1S/C47H70FN2O18P3/c1-3-5-7-9-11-13-14-16-18-20-22-45(53)65-39-29-25-37(26-30-39)34-63-71(60,62-33-36-23-27-38(28-24-36)64-44(52)21-19-17-15-12-10-8-6-4-2)68-70(58,59)67-69(56,57)61-35-42-41(51)31-43(66-42)50-32-40(48)46(54)49-47(50)55/h23-30,32,41-43,51H,3-22,31,33-35H2,1-2H3,(H,56,57)(H,58,59)(H,49,54,55)/t41-,42?,43?,71?/m1/s1. The van der Waals surface area contributed by atoms with E-state index in [1.54, 1.807) is 4.98 Å². The molecule has 2 aromatic carbocycles. The third-order valence-corrected chi connectivity index (χ3v) is 16.0. The van der Waals surface area contributed by atoms with Gasteiger partial charge in [0.15, 0.2) is 0 Å². The van der Waals surface area contributed by atoms with E-state index < -0.39 is 90.7 Å². The average molecular weight is 1060 g/mol. The maximum Gasteiger partial charge on any atom is 0.490 e. The highest BCUT2D eigenvalue weighted by molar-refractivity contribution is 7.67. The maximum absolute atomic E-state index is 14.0. The molecule has 1 aliphatic heterocycles. The van der Waals surface area contributed by atoms with Crippen LogP contribution in [-0.2, 0) is 63.4 Å². The fourth-order valence-corrected chi connectivity index (χ4v) is 11.4. The molecule has 0 aliphatic carbocycles. The van der Waals surface area contributed by atoms with Crippen LogP contribution in [0.1, 0.15) is 166 Å². The Balaban J connectivity index is 1.33. The van der Waals surface area contributed by atoms with Crippen molar-refractivity contribution >= 4 is 35.4 Å². The zero-order valence-corrected chi connectivity index (χ0v) is 43.2.